The largest absolute Gasteiger partial charge is 0.509 e. The standard InChI is InChI=1S/C33H39O9P/c1-23(2)25(22-28-29-19-20-33(28,40-32(36)39-29)24(3)12-11-21-34)17-18-30(31(35)38-4)43(37,41-26-13-7-5-8-14-26)42-27-15-9-6-10-16-27/h5-10,13-16,21-23,28-30H,3,11-12,17-20H2,1-2,4H3/b25-22+/t28-,29+,30?,33+/m1/s1. The lowest BCUT2D eigenvalue weighted by Gasteiger charge is -2.40. The first-order valence-corrected chi connectivity index (χ1v) is 16.1. The van der Waals surface area contributed by atoms with Gasteiger partial charge in [0.2, 0.25) is 0 Å². The van der Waals surface area contributed by atoms with Crippen molar-refractivity contribution in [3.63, 3.8) is 0 Å². The SMILES string of the molecule is C=C(CCC=O)[C@]12CC[C@H](OC(=O)O1)[C@H]2/C=C(\CCC(C(=O)OC)P(=O)(Oc1ccccc1)Oc1ccccc1)C(C)C. The van der Waals surface area contributed by atoms with Gasteiger partial charge in [0.15, 0.2) is 5.66 Å². The summed E-state index contributed by atoms with van der Waals surface area (Å²) in [6, 6.07) is 17.1. The van der Waals surface area contributed by atoms with Crippen molar-refractivity contribution < 1.29 is 42.2 Å². The van der Waals surface area contributed by atoms with Crippen LogP contribution in [0.1, 0.15) is 52.4 Å². The van der Waals surface area contributed by atoms with Crippen LogP contribution in [0.2, 0.25) is 0 Å². The van der Waals surface area contributed by atoms with Crippen molar-refractivity contribution in [1.29, 1.82) is 0 Å². The highest BCUT2D eigenvalue weighted by Crippen LogP contribution is 2.55. The van der Waals surface area contributed by atoms with Crippen LogP contribution < -0.4 is 9.05 Å². The van der Waals surface area contributed by atoms with E-state index >= 15 is 0 Å². The molecule has 1 saturated heterocycles. The highest BCUT2D eigenvalue weighted by Gasteiger charge is 2.57. The molecule has 4 rings (SSSR count). The summed E-state index contributed by atoms with van der Waals surface area (Å²) in [4.78, 5) is 36.6. The van der Waals surface area contributed by atoms with E-state index in [4.69, 9.17) is 23.3 Å². The van der Waals surface area contributed by atoms with Gasteiger partial charge in [-0.15, -0.1) is 0 Å². The van der Waals surface area contributed by atoms with Crippen LogP contribution in [0.15, 0.2) is 84.5 Å². The summed E-state index contributed by atoms with van der Waals surface area (Å²) >= 11 is 0. The molecule has 9 nitrogen and oxygen atoms in total. The monoisotopic (exact) mass is 610 g/mol. The van der Waals surface area contributed by atoms with Crippen molar-refractivity contribution in [2.75, 3.05) is 7.11 Å². The van der Waals surface area contributed by atoms with E-state index in [1.807, 2.05) is 19.9 Å². The molecule has 10 heteroatoms. The first-order chi connectivity index (χ1) is 20.6. The molecule has 1 saturated carbocycles. The molecule has 0 spiro atoms. The number of carbonyl (C=O) groups is 3. The number of methoxy groups -OCH3 is 1. The van der Waals surface area contributed by atoms with Crippen molar-refractivity contribution in [2.45, 2.75) is 69.7 Å². The first-order valence-electron chi connectivity index (χ1n) is 14.5. The molecular weight excluding hydrogens is 571 g/mol. The molecule has 0 N–H and O–H groups in total. The number of benzene rings is 2. The van der Waals surface area contributed by atoms with Gasteiger partial charge in [0.25, 0.3) is 0 Å². The Morgan fingerprint density at radius 2 is 1.67 bits per heavy atom. The van der Waals surface area contributed by atoms with Gasteiger partial charge in [0, 0.05) is 6.42 Å². The number of para-hydroxylation sites is 2. The maximum Gasteiger partial charge on any atom is 0.509 e. The Balaban J connectivity index is 1.66. The van der Waals surface area contributed by atoms with Crippen LogP contribution in [0, 0.1) is 11.8 Å². The highest BCUT2D eigenvalue weighted by atomic mass is 31.2. The van der Waals surface area contributed by atoms with Gasteiger partial charge in [0.1, 0.15) is 29.5 Å². The lowest BCUT2D eigenvalue weighted by molar-refractivity contribution is -0.140. The number of hydrogen-bond donors (Lipinski definition) is 0. The summed E-state index contributed by atoms with van der Waals surface area (Å²) in [5, 5.41) is 0. The third-order valence-electron chi connectivity index (χ3n) is 8.06. The van der Waals surface area contributed by atoms with E-state index in [0.29, 0.717) is 42.8 Å². The molecular formula is C33H39O9P. The van der Waals surface area contributed by atoms with Crippen LogP contribution >= 0.6 is 7.60 Å². The van der Waals surface area contributed by atoms with E-state index < -0.39 is 37.1 Å². The van der Waals surface area contributed by atoms with Crippen LogP contribution in [-0.2, 0) is 28.4 Å². The summed E-state index contributed by atoms with van der Waals surface area (Å²) in [6.45, 7) is 8.23. The summed E-state index contributed by atoms with van der Waals surface area (Å²) in [5.41, 5.74) is -0.597. The van der Waals surface area contributed by atoms with E-state index in [9.17, 15) is 18.9 Å². The van der Waals surface area contributed by atoms with Crippen LogP contribution in [0.3, 0.4) is 0 Å². The van der Waals surface area contributed by atoms with Crippen LogP contribution in [0.25, 0.3) is 0 Å². The smallest absolute Gasteiger partial charge is 0.468 e. The van der Waals surface area contributed by atoms with Gasteiger partial charge in [0.05, 0.1) is 13.0 Å². The number of esters is 1. The number of carbonyl (C=O) groups excluding carboxylic acids is 3. The van der Waals surface area contributed by atoms with E-state index in [1.165, 1.54) is 7.11 Å². The Morgan fingerprint density at radius 3 is 2.21 bits per heavy atom. The third kappa shape index (κ3) is 7.39. The van der Waals surface area contributed by atoms with Gasteiger partial charge < -0.3 is 28.1 Å². The fourth-order valence-electron chi connectivity index (χ4n) is 5.76. The number of fused-ring (bicyclic) bond motifs is 2. The van der Waals surface area contributed by atoms with Gasteiger partial charge in [-0.3, -0.25) is 4.79 Å². The Labute approximate surface area is 252 Å². The number of ether oxygens (including phenoxy) is 3. The second kappa shape index (κ2) is 14.1. The van der Waals surface area contributed by atoms with E-state index in [-0.39, 0.29) is 24.7 Å². The lowest BCUT2D eigenvalue weighted by Crippen LogP contribution is -2.48. The third-order valence-corrected chi connectivity index (χ3v) is 10.2. The first kappa shape index (κ1) is 32.1. The van der Waals surface area contributed by atoms with Gasteiger partial charge in [-0.1, -0.05) is 68.5 Å². The molecule has 0 aromatic heterocycles. The fourth-order valence-corrected chi connectivity index (χ4v) is 7.70. The lowest BCUT2D eigenvalue weighted by atomic mass is 9.78. The molecule has 2 bridgehead atoms. The summed E-state index contributed by atoms with van der Waals surface area (Å²) in [6.07, 6.45) is 3.95. The minimum absolute atomic E-state index is 0.0279. The Morgan fingerprint density at radius 1 is 1.07 bits per heavy atom. The summed E-state index contributed by atoms with van der Waals surface area (Å²) in [7, 11) is -2.94. The van der Waals surface area contributed by atoms with Crippen molar-refractivity contribution in [3.8, 4) is 11.5 Å². The van der Waals surface area contributed by atoms with Crippen LogP contribution in [0.5, 0.6) is 11.5 Å². The molecule has 43 heavy (non-hydrogen) atoms. The Bertz CT molecular complexity index is 1330. The van der Waals surface area contributed by atoms with Gasteiger partial charge in [-0.25, -0.2) is 9.36 Å². The molecule has 1 aliphatic carbocycles. The quantitative estimate of drug-likeness (QED) is 0.0877. The fraction of sp³-hybridized carbons (Fsp3) is 0.424. The second-order valence-electron chi connectivity index (χ2n) is 11.1. The second-order valence-corrected chi connectivity index (χ2v) is 13.2. The zero-order valence-electron chi connectivity index (χ0n) is 24.8. The predicted octanol–water partition coefficient (Wildman–Crippen LogP) is 7.46. The van der Waals surface area contributed by atoms with Gasteiger partial charge in [-0.05, 0) is 67.9 Å². The molecule has 1 unspecified atom stereocenters. The molecule has 4 atom stereocenters. The minimum Gasteiger partial charge on any atom is -0.468 e. The maximum atomic E-state index is 14.5. The van der Waals surface area contributed by atoms with Crippen molar-refractivity contribution >= 4 is 26.0 Å². The van der Waals surface area contributed by atoms with Crippen molar-refractivity contribution in [1.82, 2.24) is 0 Å². The van der Waals surface area contributed by atoms with Crippen molar-refractivity contribution in [3.05, 3.63) is 84.5 Å². The molecule has 230 valence electrons. The zero-order valence-corrected chi connectivity index (χ0v) is 25.7. The van der Waals surface area contributed by atoms with E-state index in [2.05, 4.69) is 6.58 Å². The Hall–Kier alpha value is -3.84. The molecule has 2 fully saturated rings. The number of rotatable bonds is 15. The number of hydrogen-bond acceptors (Lipinski definition) is 9. The number of aldehydes is 1. The maximum absolute atomic E-state index is 14.5. The minimum atomic E-state index is -4.18. The van der Waals surface area contributed by atoms with E-state index in [0.717, 1.165) is 11.9 Å². The topological polar surface area (TPSA) is 114 Å². The highest BCUT2D eigenvalue weighted by molar-refractivity contribution is 7.56. The van der Waals surface area contributed by atoms with Crippen LogP contribution in [-0.4, -0.2) is 42.9 Å². The molecule has 0 radical (unpaired) electrons. The predicted molar refractivity (Wildman–Crippen MR) is 161 cm³/mol. The molecule has 1 heterocycles. The van der Waals surface area contributed by atoms with Gasteiger partial charge >= 0.3 is 19.7 Å². The zero-order chi connectivity index (χ0) is 31.0. The van der Waals surface area contributed by atoms with E-state index in [1.54, 1.807) is 60.7 Å². The van der Waals surface area contributed by atoms with Crippen LogP contribution in [0.4, 0.5) is 4.79 Å². The average molecular weight is 611 g/mol. The normalized spacial score (nSPS) is 22.2. The molecule has 0 amide bonds. The number of allylic oxidation sites excluding steroid dienone is 1. The summed E-state index contributed by atoms with van der Waals surface area (Å²) in [5.74, 6) is -0.425. The van der Waals surface area contributed by atoms with Crippen molar-refractivity contribution in [2.24, 2.45) is 11.8 Å². The van der Waals surface area contributed by atoms with Gasteiger partial charge in [-0.2, -0.15) is 0 Å². The molecule has 2 aromatic carbocycles. The summed E-state index contributed by atoms with van der Waals surface area (Å²) < 4.78 is 42.9. The molecule has 1 aliphatic heterocycles. The molecule has 2 aromatic rings. The average Bonchev–Trinajstić information content (AvgIpc) is 3.21. The Kier molecular flexibility index (Phi) is 10.5. The molecule has 2 aliphatic rings.